The molecule has 3 N–H and O–H groups in total. The zero-order valence-electron chi connectivity index (χ0n) is 10.1. The molecule has 0 saturated heterocycles. The van der Waals surface area contributed by atoms with Crippen molar-refractivity contribution in [3.8, 4) is 11.5 Å². The van der Waals surface area contributed by atoms with Crippen LogP contribution < -0.4 is 15.2 Å². The molecule has 0 spiro atoms. The molecule has 0 fully saturated rings. The van der Waals surface area contributed by atoms with Crippen molar-refractivity contribution in [3.05, 3.63) is 23.8 Å². The lowest BCUT2D eigenvalue weighted by atomic mass is 10.1. The number of aliphatic hydroxyl groups excluding tert-OH is 1. The highest BCUT2D eigenvalue weighted by molar-refractivity contribution is 5.85. The van der Waals surface area contributed by atoms with Crippen molar-refractivity contribution < 1.29 is 27.8 Å². The zero-order valence-corrected chi connectivity index (χ0v) is 10.9. The topological polar surface area (TPSA) is 64.7 Å². The van der Waals surface area contributed by atoms with Gasteiger partial charge in [-0.25, -0.2) is 0 Å². The molecule has 0 aliphatic rings. The van der Waals surface area contributed by atoms with Crippen LogP contribution in [0.25, 0.3) is 0 Å². The van der Waals surface area contributed by atoms with Crippen LogP contribution >= 0.6 is 12.4 Å². The van der Waals surface area contributed by atoms with Crippen LogP contribution in [-0.2, 0) is 6.42 Å². The average Bonchev–Trinajstić information content (AvgIpc) is 2.28. The minimum atomic E-state index is -4.74. The third-order valence-corrected chi connectivity index (χ3v) is 2.21. The summed E-state index contributed by atoms with van der Waals surface area (Å²) in [6, 6.07) is 3.24. The fourth-order valence-electron chi connectivity index (χ4n) is 1.44. The van der Waals surface area contributed by atoms with Crippen LogP contribution in [0.1, 0.15) is 5.56 Å². The van der Waals surface area contributed by atoms with Gasteiger partial charge in [-0.15, -0.1) is 25.6 Å². The van der Waals surface area contributed by atoms with Crippen molar-refractivity contribution in [2.75, 3.05) is 13.7 Å². The molecule has 0 saturated carbocycles. The summed E-state index contributed by atoms with van der Waals surface area (Å²) in [4.78, 5) is 0. The maximum absolute atomic E-state index is 12.0. The lowest BCUT2D eigenvalue weighted by Gasteiger charge is -2.14. The molecule has 4 nitrogen and oxygen atoms in total. The summed E-state index contributed by atoms with van der Waals surface area (Å²) >= 11 is 0. The predicted molar refractivity (Wildman–Crippen MR) is 65.7 cm³/mol. The second-order valence-corrected chi connectivity index (χ2v) is 3.67. The minimum absolute atomic E-state index is 0. The highest BCUT2D eigenvalue weighted by Gasteiger charge is 2.31. The van der Waals surface area contributed by atoms with Crippen LogP contribution in [0.3, 0.4) is 0 Å². The summed E-state index contributed by atoms with van der Waals surface area (Å²) in [6.45, 7) is -0.218. The normalized spacial score (nSPS) is 12.5. The minimum Gasteiger partial charge on any atom is -0.496 e. The van der Waals surface area contributed by atoms with E-state index >= 15 is 0 Å². The van der Waals surface area contributed by atoms with Crippen LogP contribution in [0.2, 0.25) is 0 Å². The fraction of sp³-hybridized carbons (Fsp3) is 0.455. The first-order chi connectivity index (χ1) is 8.35. The number of methoxy groups -OCH3 is 1. The highest BCUT2D eigenvalue weighted by Crippen LogP contribution is 2.29. The van der Waals surface area contributed by atoms with Crippen LogP contribution in [-0.4, -0.2) is 31.2 Å². The van der Waals surface area contributed by atoms with E-state index < -0.39 is 12.4 Å². The van der Waals surface area contributed by atoms with Gasteiger partial charge in [-0.2, -0.15) is 0 Å². The summed E-state index contributed by atoms with van der Waals surface area (Å²) in [5.41, 5.74) is 6.16. The summed E-state index contributed by atoms with van der Waals surface area (Å²) in [6.07, 6.45) is -4.44. The van der Waals surface area contributed by atoms with Crippen molar-refractivity contribution in [1.82, 2.24) is 0 Å². The molecule has 0 bridgehead atoms. The van der Waals surface area contributed by atoms with E-state index in [1.165, 1.54) is 19.2 Å². The average molecular weight is 302 g/mol. The molecular formula is C11H15ClF3NO3. The van der Waals surface area contributed by atoms with Crippen molar-refractivity contribution in [2.24, 2.45) is 5.73 Å². The van der Waals surface area contributed by atoms with E-state index in [0.29, 0.717) is 12.0 Å². The third-order valence-electron chi connectivity index (χ3n) is 2.21. The Bertz CT molecular complexity index is 401. The second-order valence-electron chi connectivity index (χ2n) is 3.67. The van der Waals surface area contributed by atoms with Gasteiger partial charge < -0.3 is 20.3 Å². The van der Waals surface area contributed by atoms with Crippen LogP contribution in [0.5, 0.6) is 11.5 Å². The molecule has 0 heterocycles. The molecule has 0 amide bonds. The smallest absolute Gasteiger partial charge is 0.496 e. The summed E-state index contributed by atoms with van der Waals surface area (Å²) in [5.74, 6) is -0.124. The van der Waals surface area contributed by atoms with E-state index in [-0.39, 0.29) is 30.5 Å². The second kappa shape index (κ2) is 7.42. The Morgan fingerprint density at radius 3 is 2.47 bits per heavy atom. The monoisotopic (exact) mass is 301 g/mol. The van der Waals surface area contributed by atoms with Gasteiger partial charge in [0, 0.05) is 12.1 Å². The number of hydrogen-bond acceptors (Lipinski definition) is 4. The van der Waals surface area contributed by atoms with Crippen molar-refractivity contribution in [3.63, 3.8) is 0 Å². The molecule has 19 heavy (non-hydrogen) atoms. The Kier molecular flexibility index (Phi) is 6.96. The molecule has 8 heteroatoms. The van der Waals surface area contributed by atoms with E-state index in [1.807, 2.05) is 0 Å². The van der Waals surface area contributed by atoms with Crippen molar-refractivity contribution >= 4 is 12.4 Å². The standard InChI is InChI=1S/C11H14F3NO3.ClH/c1-17-10-5-9(18-11(12,13)14)3-2-7(10)4-8(15)6-16;/h2-3,5,8,16H,4,6,15H2,1H3;1H. The molecule has 110 valence electrons. The van der Waals surface area contributed by atoms with Gasteiger partial charge in [0.2, 0.25) is 0 Å². The van der Waals surface area contributed by atoms with Crippen LogP contribution in [0.15, 0.2) is 18.2 Å². The first-order valence-electron chi connectivity index (χ1n) is 5.15. The molecule has 0 aliphatic carbocycles. The van der Waals surface area contributed by atoms with Gasteiger partial charge in [0.15, 0.2) is 0 Å². The van der Waals surface area contributed by atoms with E-state index in [2.05, 4.69) is 4.74 Å². The Hall–Kier alpha value is -1.18. The number of nitrogens with two attached hydrogens (primary N) is 1. The quantitative estimate of drug-likeness (QED) is 0.871. The SMILES string of the molecule is COc1cc(OC(F)(F)F)ccc1CC(N)CO.Cl. The maximum Gasteiger partial charge on any atom is 0.573 e. The first-order valence-corrected chi connectivity index (χ1v) is 5.15. The molecule has 1 aromatic carbocycles. The van der Waals surface area contributed by atoms with Gasteiger partial charge in [-0.3, -0.25) is 0 Å². The van der Waals surface area contributed by atoms with Crippen LogP contribution in [0, 0.1) is 0 Å². The van der Waals surface area contributed by atoms with Crippen LogP contribution in [0.4, 0.5) is 13.2 Å². The van der Waals surface area contributed by atoms with E-state index in [0.717, 1.165) is 6.07 Å². The lowest BCUT2D eigenvalue weighted by Crippen LogP contribution is -2.27. The van der Waals surface area contributed by atoms with Gasteiger partial charge in [-0.05, 0) is 18.1 Å². The van der Waals surface area contributed by atoms with E-state index in [1.54, 1.807) is 0 Å². The van der Waals surface area contributed by atoms with Gasteiger partial charge in [0.25, 0.3) is 0 Å². The Morgan fingerprint density at radius 2 is 2.00 bits per heavy atom. The zero-order chi connectivity index (χ0) is 13.8. The number of halogens is 4. The Balaban J connectivity index is 0.00000324. The molecule has 1 aromatic rings. The largest absolute Gasteiger partial charge is 0.573 e. The van der Waals surface area contributed by atoms with E-state index in [4.69, 9.17) is 15.6 Å². The Morgan fingerprint density at radius 1 is 1.37 bits per heavy atom. The van der Waals surface area contributed by atoms with Gasteiger partial charge in [-0.1, -0.05) is 6.07 Å². The number of benzene rings is 1. The molecule has 0 aliphatic heterocycles. The third kappa shape index (κ3) is 6.00. The number of aliphatic hydroxyl groups is 1. The predicted octanol–water partition coefficient (Wildman–Crippen LogP) is 1.88. The van der Waals surface area contributed by atoms with Crippen molar-refractivity contribution in [1.29, 1.82) is 0 Å². The first kappa shape index (κ1) is 17.8. The summed E-state index contributed by atoms with van der Waals surface area (Å²) < 4.78 is 44.8. The summed E-state index contributed by atoms with van der Waals surface area (Å²) in [5, 5.41) is 8.83. The van der Waals surface area contributed by atoms with E-state index in [9.17, 15) is 13.2 Å². The van der Waals surface area contributed by atoms with Gasteiger partial charge in [0.1, 0.15) is 11.5 Å². The van der Waals surface area contributed by atoms with Gasteiger partial charge >= 0.3 is 6.36 Å². The lowest BCUT2D eigenvalue weighted by molar-refractivity contribution is -0.274. The molecule has 1 rings (SSSR count). The fourth-order valence-corrected chi connectivity index (χ4v) is 1.44. The number of rotatable bonds is 5. The number of hydrogen-bond donors (Lipinski definition) is 2. The van der Waals surface area contributed by atoms with Crippen molar-refractivity contribution in [2.45, 2.75) is 18.8 Å². The number of ether oxygens (including phenoxy) is 2. The molecule has 0 aromatic heterocycles. The summed E-state index contributed by atoms with van der Waals surface area (Å²) in [7, 11) is 1.33. The maximum atomic E-state index is 12.0. The molecular weight excluding hydrogens is 287 g/mol. The Labute approximate surface area is 114 Å². The van der Waals surface area contributed by atoms with Gasteiger partial charge in [0.05, 0.1) is 13.7 Å². The molecule has 1 unspecified atom stereocenters. The molecule has 0 radical (unpaired) electrons. The highest BCUT2D eigenvalue weighted by atomic mass is 35.5. The number of alkyl halides is 3. The molecule has 1 atom stereocenters.